The summed E-state index contributed by atoms with van der Waals surface area (Å²) >= 11 is 4.21. The van der Waals surface area contributed by atoms with Gasteiger partial charge in [0.15, 0.2) is 0 Å². The third kappa shape index (κ3) is 5.61. The van der Waals surface area contributed by atoms with Gasteiger partial charge in [-0.15, -0.1) is 0 Å². The molecule has 0 unspecified atom stereocenters. The minimum atomic E-state index is -2.78. The van der Waals surface area contributed by atoms with Crippen LogP contribution in [-0.2, 0) is 11.3 Å². The minimum Gasteiger partial charge on any atom is -0.493 e. The molecule has 0 radical (unpaired) electrons. The molecule has 0 amide bonds. The Morgan fingerprint density at radius 3 is 2.50 bits per heavy atom. The van der Waals surface area contributed by atoms with E-state index >= 15 is 0 Å². The number of benzene rings is 2. The minimum absolute atomic E-state index is 0.0385. The number of rotatable bonds is 7. The monoisotopic (exact) mass is 411 g/mol. The van der Waals surface area contributed by atoms with Crippen LogP contribution >= 0.6 is 12.2 Å². The van der Waals surface area contributed by atoms with Gasteiger partial charge in [0.05, 0.1) is 12.7 Å². The van der Waals surface area contributed by atoms with E-state index in [1.165, 1.54) is 31.2 Å². The fourth-order valence-corrected chi connectivity index (χ4v) is 2.89. The number of anilines is 1. The molecule has 0 heterocycles. The van der Waals surface area contributed by atoms with Crippen LogP contribution in [0.2, 0.25) is 0 Å². The van der Waals surface area contributed by atoms with E-state index in [2.05, 4.69) is 28.3 Å². The number of hydrogen-bond acceptors (Lipinski definition) is 4. The number of thiocarbonyl (C=S) groups is 1. The number of ether oxygens (including phenoxy) is 2. The number of halogens is 3. The van der Waals surface area contributed by atoms with E-state index in [1.54, 1.807) is 0 Å². The van der Waals surface area contributed by atoms with Crippen molar-refractivity contribution in [1.29, 1.82) is 0 Å². The van der Waals surface area contributed by atoms with E-state index in [-0.39, 0.29) is 12.4 Å². The largest absolute Gasteiger partial charge is 0.493 e. The summed E-state index contributed by atoms with van der Waals surface area (Å²) < 4.78 is 49.8. The van der Waals surface area contributed by atoms with Crippen molar-refractivity contribution in [2.24, 2.45) is 0 Å². The Bertz CT molecular complexity index is 810. The standard InChI is InChI=1S/C19H20F3NO.C2H4OS/c1-11-8-18(14(19(21)22)9-16(11)20)24-10-15-13(12-6-7-12)4-3-5-17(15)23-2;1-3-2-4/h3-5,8-9,12,19,23H,6-7,10H2,1-2H3;2H,1H3. The molecule has 2 aromatic carbocycles. The van der Waals surface area contributed by atoms with Crippen molar-refractivity contribution in [3.63, 3.8) is 0 Å². The summed E-state index contributed by atoms with van der Waals surface area (Å²) in [4.78, 5) is 0. The molecule has 1 aliphatic rings. The van der Waals surface area contributed by atoms with Crippen LogP contribution in [0.5, 0.6) is 5.75 Å². The molecular formula is C21H24F3NO2S. The van der Waals surface area contributed by atoms with Crippen molar-refractivity contribution in [3.05, 3.63) is 58.4 Å². The fourth-order valence-electron chi connectivity index (χ4n) is 2.89. The van der Waals surface area contributed by atoms with E-state index in [4.69, 9.17) is 4.74 Å². The summed E-state index contributed by atoms with van der Waals surface area (Å²) in [6, 6.07) is 8.18. The zero-order chi connectivity index (χ0) is 20.7. The first-order valence-corrected chi connectivity index (χ1v) is 9.37. The van der Waals surface area contributed by atoms with E-state index in [0.717, 1.165) is 30.2 Å². The van der Waals surface area contributed by atoms with Gasteiger partial charge in [-0.3, -0.25) is 0 Å². The first-order chi connectivity index (χ1) is 13.4. The summed E-state index contributed by atoms with van der Waals surface area (Å²) in [6.07, 6.45) is -0.506. The van der Waals surface area contributed by atoms with E-state index in [9.17, 15) is 13.2 Å². The number of hydrogen-bond donors (Lipinski definition) is 1. The van der Waals surface area contributed by atoms with Gasteiger partial charge in [0.2, 0.25) is 0 Å². The van der Waals surface area contributed by atoms with Crippen molar-refractivity contribution < 1.29 is 22.6 Å². The van der Waals surface area contributed by atoms with Gasteiger partial charge in [0.25, 0.3) is 6.43 Å². The smallest absolute Gasteiger partial charge is 0.267 e. The average molecular weight is 411 g/mol. The van der Waals surface area contributed by atoms with Crippen molar-refractivity contribution in [2.75, 3.05) is 19.5 Å². The van der Waals surface area contributed by atoms with Gasteiger partial charge in [-0.1, -0.05) is 12.1 Å². The van der Waals surface area contributed by atoms with Gasteiger partial charge in [-0.05, 0) is 67.2 Å². The second kappa shape index (κ2) is 10.3. The molecule has 2 aromatic rings. The highest BCUT2D eigenvalue weighted by molar-refractivity contribution is 7.78. The summed E-state index contributed by atoms with van der Waals surface area (Å²) in [5.41, 5.74) is 4.19. The van der Waals surface area contributed by atoms with E-state index in [1.807, 2.05) is 19.2 Å². The highest BCUT2D eigenvalue weighted by Gasteiger charge is 2.27. The molecular weight excluding hydrogens is 387 g/mol. The maximum atomic E-state index is 13.6. The summed E-state index contributed by atoms with van der Waals surface area (Å²) in [7, 11) is 3.34. The second-order valence-corrected chi connectivity index (χ2v) is 6.65. The molecule has 28 heavy (non-hydrogen) atoms. The molecule has 0 spiro atoms. The third-order valence-corrected chi connectivity index (χ3v) is 4.69. The van der Waals surface area contributed by atoms with Crippen molar-refractivity contribution in [3.8, 4) is 5.75 Å². The Balaban J connectivity index is 0.000000640. The normalized spacial score (nSPS) is 12.8. The van der Waals surface area contributed by atoms with Crippen LogP contribution < -0.4 is 10.1 Å². The molecule has 1 N–H and O–H groups in total. The van der Waals surface area contributed by atoms with Gasteiger partial charge in [-0.25, -0.2) is 13.2 Å². The Kier molecular flexibility index (Phi) is 8.11. The number of aryl methyl sites for hydroxylation is 1. The van der Waals surface area contributed by atoms with Crippen molar-refractivity contribution in [1.82, 2.24) is 0 Å². The van der Waals surface area contributed by atoms with Gasteiger partial charge >= 0.3 is 0 Å². The summed E-state index contributed by atoms with van der Waals surface area (Å²) in [5.74, 6) is -0.0927. The fraction of sp³-hybridized carbons (Fsp3) is 0.381. The lowest BCUT2D eigenvalue weighted by atomic mass is 10.0. The van der Waals surface area contributed by atoms with Crippen molar-refractivity contribution in [2.45, 2.75) is 38.7 Å². The predicted octanol–water partition coefficient (Wildman–Crippen LogP) is 6.16. The SMILES string of the molecule is CNc1cccc(C2CC2)c1COc1cc(C)c(F)cc1C(F)F.COC=S. The van der Waals surface area contributed by atoms with Crippen LogP contribution in [0.25, 0.3) is 0 Å². The van der Waals surface area contributed by atoms with Crippen LogP contribution in [0.4, 0.5) is 18.9 Å². The van der Waals surface area contributed by atoms with Gasteiger partial charge in [0.1, 0.15) is 23.7 Å². The van der Waals surface area contributed by atoms with Crippen LogP contribution in [0.1, 0.15) is 47.4 Å². The van der Waals surface area contributed by atoms with E-state index < -0.39 is 17.8 Å². The first kappa shape index (κ1) is 22.0. The zero-order valence-corrected chi connectivity index (χ0v) is 16.9. The Morgan fingerprint density at radius 1 is 1.29 bits per heavy atom. The van der Waals surface area contributed by atoms with Crippen LogP contribution in [0.15, 0.2) is 30.3 Å². The maximum absolute atomic E-state index is 13.6. The Labute approximate surface area is 168 Å². The van der Waals surface area contributed by atoms with Gasteiger partial charge < -0.3 is 14.8 Å². The topological polar surface area (TPSA) is 30.5 Å². The molecule has 0 bridgehead atoms. The van der Waals surface area contributed by atoms with Gasteiger partial charge in [0, 0.05) is 18.3 Å². The van der Waals surface area contributed by atoms with E-state index in [0.29, 0.717) is 11.5 Å². The molecule has 152 valence electrons. The average Bonchev–Trinajstić information content (AvgIpc) is 3.53. The molecule has 0 atom stereocenters. The number of alkyl halides is 2. The van der Waals surface area contributed by atoms with Crippen LogP contribution in [0.3, 0.4) is 0 Å². The predicted molar refractivity (Wildman–Crippen MR) is 109 cm³/mol. The number of nitrogens with one attached hydrogen (secondary N) is 1. The molecule has 1 saturated carbocycles. The number of methoxy groups -OCH3 is 1. The molecule has 0 aromatic heterocycles. The highest BCUT2D eigenvalue weighted by Crippen LogP contribution is 2.43. The molecule has 7 heteroatoms. The second-order valence-electron chi connectivity index (χ2n) is 6.46. The summed E-state index contributed by atoms with van der Waals surface area (Å²) in [6.45, 7) is 1.71. The molecule has 0 aliphatic heterocycles. The van der Waals surface area contributed by atoms with Crippen LogP contribution in [0, 0.1) is 12.7 Å². The zero-order valence-electron chi connectivity index (χ0n) is 16.1. The molecule has 1 aliphatic carbocycles. The lowest BCUT2D eigenvalue weighted by molar-refractivity contribution is 0.144. The highest BCUT2D eigenvalue weighted by atomic mass is 32.1. The lowest BCUT2D eigenvalue weighted by Gasteiger charge is -2.17. The maximum Gasteiger partial charge on any atom is 0.267 e. The molecule has 3 rings (SSSR count). The molecule has 0 saturated heterocycles. The first-order valence-electron chi connectivity index (χ1n) is 8.89. The third-order valence-electron chi connectivity index (χ3n) is 4.49. The lowest BCUT2D eigenvalue weighted by Crippen LogP contribution is -2.06. The Hall–Kier alpha value is -2.28. The van der Waals surface area contributed by atoms with Gasteiger partial charge in [-0.2, -0.15) is 0 Å². The molecule has 1 fully saturated rings. The van der Waals surface area contributed by atoms with Crippen molar-refractivity contribution >= 4 is 23.5 Å². The Morgan fingerprint density at radius 2 is 1.96 bits per heavy atom. The quantitative estimate of drug-likeness (QED) is 0.553. The molecule has 3 nitrogen and oxygen atoms in total. The summed E-state index contributed by atoms with van der Waals surface area (Å²) in [5, 5.41) is 3.12. The van der Waals surface area contributed by atoms with Crippen LogP contribution in [-0.4, -0.2) is 19.7 Å².